The number of nitrogens with one attached hydrogen (secondary N) is 1. The Morgan fingerprint density at radius 3 is 2.50 bits per heavy atom. The highest BCUT2D eigenvalue weighted by atomic mass is 19.3. The minimum atomic E-state index is -3.18. The van der Waals surface area contributed by atoms with Crippen LogP contribution in [-0.4, -0.2) is 27.6 Å². The number of anilines is 1. The molecule has 0 radical (unpaired) electrons. The molecule has 0 saturated heterocycles. The van der Waals surface area contributed by atoms with Gasteiger partial charge in [-0.1, -0.05) is 24.3 Å². The summed E-state index contributed by atoms with van der Waals surface area (Å²) < 4.78 is 28.6. The molecule has 2 aromatic carbocycles. The van der Waals surface area contributed by atoms with E-state index in [2.05, 4.69) is 15.3 Å². The quantitative estimate of drug-likeness (QED) is 0.749. The van der Waals surface area contributed by atoms with Gasteiger partial charge in [-0.25, -0.2) is 14.8 Å². The van der Waals surface area contributed by atoms with E-state index in [-0.39, 0.29) is 11.1 Å². The average molecular weight is 329 g/mol. The zero-order valence-electron chi connectivity index (χ0n) is 12.4. The van der Waals surface area contributed by atoms with E-state index in [9.17, 15) is 13.6 Å². The molecule has 0 spiro atoms. The van der Waals surface area contributed by atoms with Gasteiger partial charge in [-0.2, -0.15) is 8.78 Å². The average Bonchev–Trinajstić information content (AvgIpc) is 2.60. The number of para-hydroxylation sites is 1. The summed E-state index contributed by atoms with van der Waals surface area (Å²) in [6.45, 7) is -0.666. The van der Waals surface area contributed by atoms with Crippen LogP contribution in [0.3, 0.4) is 0 Å². The summed E-state index contributed by atoms with van der Waals surface area (Å²) in [5.74, 6) is -4.01. The topological polar surface area (TPSA) is 75.1 Å². The number of hydrogen-bond acceptors (Lipinski definition) is 4. The highest BCUT2D eigenvalue weighted by molar-refractivity contribution is 5.88. The predicted molar refractivity (Wildman–Crippen MR) is 85.3 cm³/mol. The van der Waals surface area contributed by atoms with Crippen molar-refractivity contribution in [3.05, 3.63) is 66.0 Å². The first-order valence-electron chi connectivity index (χ1n) is 7.13. The lowest BCUT2D eigenvalue weighted by Gasteiger charge is -2.18. The van der Waals surface area contributed by atoms with Crippen molar-refractivity contribution in [1.82, 2.24) is 9.97 Å². The second kappa shape index (κ2) is 6.19. The van der Waals surface area contributed by atoms with E-state index in [1.54, 1.807) is 24.3 Å². The highest BCUT2D eigenvalue weighted by Crippen LogP contribution is 2.29. The fraction of sp³-hybridized carbons (Fsp3) is 0.118. The first kappa shape index (κ1) is 15.8. The van der Waals surface area contributed by atoms with Gasteiger partial charge in [-0.05, 0) is 24.3 Å². The molecule has 3 aromatic rings. The molecule has 0 saturated carbocycles. The van der Waals surface area contributed by atoms with E-state index < -0.39 is 18.4 Å². The van der Waals surface area contributed by atoms with Crippen LogP contribution in [0.15, 0.2) is 54.9 Å². The first-order valence-corrected chi connectivity index (χ1v) is 7.13. The summed E-state index contributed by atoms with van der Waals surface area (Å²) in [5.41, 5.74) is 0.354. The van der Waals surface area contributed by atoms with Gasteiger partial charge in [0.05, 0.1) is 17.6 Å². The zero-order valence-corrected chi connectivity index (χ0v) is 12.4. The standard InChI is InChI=1S/C17H13F2N3O2/c18-17(19,12-7-5-11(6-8-12)16(23)24)9-20-15-13-3-1-2-4-14(13)21-10-22-15/h1-8,10H,9H2,(H,23,24)(H,20,21,22). The third-order valence-corrected chi connectivity index (χ3v) is 3.57. The number of carboxylic acid groups (broad SMARTS) is 1. The van der Waals surface area contributed by atoms with Crippen molar-refractivity contribution in [2.45, 2.75) is 5.92 Å². The van der Waals surface area contributed by atoms with Crippen LogP contribution in [-0.2, 0) is 5.92 Å². The Kier molecular flexibility index (Phi) is 4.07. The predicted octanol–water partition coefficient (Wildman–Crippen LogP) is 3.53. The molecule has 0 unspecified atom stereocenters. The monoisotopic (exact) mass is 329 g/mol. The number of rotatable bonds is 5. The molecule has 0 atom stereocenters. The molecule has 0 fully saturated rings. The molecule has 0 amide bonds. The molecule has 1 heterocycles. The molecule has 5 nitrogen and oxygen atoms in total. The number of fused-ring (bicyclic) bond motifs is 1. The van der Waals surface area contributed by atoms with Crippen molar-refractivity contribution in [3.63, 3.8) is 0 Å². The summed E-state index contributed by atoms with van der Waals surface area (Å²) in [6.07, 6.45) is 1.31. The van der Waals surface area contributed by atoms with E-state index in [0.29, 0.717) is 16.7 Å². The number of hydrogen-bond donors (Lipinski definition) is 2. The molecule has 122 valence electrons. The fourth-order valence-electron chi connectivity index (χ4n) is 2.30. The Hall–Kier alpha value is -3.09. The molecule has 0 aliphatic heterocycles. The number of carboxylic acids is 1. The molecule has 0 aliphatic rings. The number of alkyl halides is 2. The maximum Gasteiger partial charge on any atom is 0.335 e. The Labute approximate surface area is 136 Å². The van der Waals surface area contributed by atoms with E-state index in [4.69, 9.17) is 5.11 Å². The van der Waals surface area contributed by atoms with Gasteiger partial charge < -0.3 is 10.4 Å². The molecule has 0 aliphatic carbocycles. The Morgan fingerprint density at radius 2 is 1.79 bits per heavy atom. The van der Waals surface area contributed by atoms with Crippen LogP contribution in [0.5, 0.6) is 0 Å². The summed E-state index contributed by atoms with van der Waals surface area (Å²) in [4.78, 5) is 18.9. The first-order chi connectivity index (χ1) is 11.5. The van der Waals surface area contributed by atoms with Crippen molar-refractivity contribution < 1.29 is 18.7 Å². The van der Waals surface area contributed by atoms with E-state index in [0.717, 1.165) is 24.3 Å². The van der Waals surface area contributed by atoms with Crippen LogP contribution >= 0.6 is 0 Å². The van der Waals surface area contributed by atoms with Gasteiger partial charge in [-0.3, -0.25) is 0 Å². The van der Waals surface area contributed by atoms with Gasteiger partial charge in [0.15, 0.2) is 0 Å². The largest absolute Gasteiger partial charge is 0.478 e. The summed E-state index contributed by atoms with van der Waals surface area (Å²) in [5, 5.41) is 12.1. The van der Waals surface area contributed by atoms with Crippen LogP contribution in [0.4, 0.5) is 14.6 Å². The van der Waals surface area contributed by atoms with E-state index in [1.165, 1.54) is 6.33 Å². The zero-order chi connectivity index (χ0) is 17.2. The number of aromatic nitrogens is 2. The number of benzene rings is 2. The smallest absolute Gasteiger partial charge is 0.335 e. The molecular formula is C17H13F2N3O2. The van der Waals surface area contributed by atoms with Crippen LogP contribution in [0.2, 0.25) is 0 Å². The molecule has 0 bridgehead atoms. The molecule has 2 N–H and O–H groups in total. The normalized spacial score (nSPS) is 11.4. The van der Waals surface area contributed by atoms with E-state index in [1.807, 2.05) is 0 Å². The summed E-state index contributed by atoms with van der Waals surface area (Å²) in [7, 11) is 0. The molecule has 24 heavy (non-hydrogen) atoms. The van der Waals surface area contributed by atoms with Crippen LogP contribution < -0.4 is 5.32 Å². The molecule has 3 rings (SSSR count). The van der Waals surface area contributed by atoms with Crippen molar-refractivity contribution in [3.8, 4) is 0 Å². The second-order valence-electron chi connectivity index (χ2n) is 5.18. The highest BCUT2D eigenvalue weighted by Gasteiger charge is 2.31. The minimum Gasteiger partial charge on any atom is -0.478 e. The Morgan fingerprint density at radius 1 is 1.08 bits per heavy atom. The van der Waals surface area contributed by atoms with Gasteiger partial charge in [-0.15, -0.1) is 0 Å². The van der Waals surface area contributed by atoms with Crippen LogP contribution in [0.25, 0.3) is 10.9 Å². The van der Waals surface area contributed by atoms with E-state index >= 15 is 0 Å². The third-order valence-electron chi connectivity index (χ3n) is 3.57. The SMILES string of the molecule is O=C(O)c1ccc(C(F)(F)CNc2ncnc3ccccc23)cc1. The number of carbonyl (C=O) groups is 1. The van der Waals surface area contributed by atoms with Crippen molar-refractivity contribution in [2.24, 2.45) is 0 Å². The maximum absolute atomic E-state index is 14.3. The summed E-state index contributed by atoms with van der Waals surface area (Å²) >= 11 is 0. The van der Waals surface area contributed by atoms with Gasteiger partial charge in [0.2, 0.25) is 0 Å². The van der Waals surface area contributed by atoms with Crippen molar-refractivity contribution >= 4 is 22.7 Å². The Bertz CT molecular complexity index is 877. The number of nitrogens with zero attached hydrogens (tertiary/aromatic N) is 2. The van der Waals surface area contributed by atoms with Crippen LogP contribution in [0.1, 0.15) is 15.9 Å². The fourth-order valence-corrected chi connectivity index (χ4v) is 2.30. The van der Waals surface area contributed by atoms with Gasteiger partial charge >= 0.3 is 5.97 Å². The van der Waals surface area contributed by atoms with Crippen molar-refractivity contribution in [1.29, 1.82) is 0 Å². The van der Waals surface area contributed by atoms with Gasteiger partial charge in [0, 0.05) is 10.9 Å². The lowest BCUT2D eigenvalue weighted by atomic mass is 10.1. The second-order valence-corrected chi connectivity index (χ2v) is 5.18. The maximum atomic E-state index is 14.3. The van der Waals surface area contributed by atoms with Crippen LogP contribution in [0, 0.1) is 0 Å². The third kappa shape index (κ3) is 3.15. The molecule has 7 heteroatoms. The number of halogens is 2. The lowest BCUT2D eigenvalue weighted by molar-refractivity contribution is 0.0105. The Balaban J connectivity index is 1.80. The minimum absolute atomic E-state index is 0.0377. The van der Waals surface area contributed by atoms with Gasteiger partial charge in [0.1, 0.15) is 12.1 Å². The summed E-state index contributed by atoms with van der Waals surface area (Å²) in [6, 6.07) is 11.6. The molecular weight excluding hydrogens is 316 g/mol. The number of aromatic carboxylic acids is 1. The lowest BCUT2D eigenvalue weighted by Crippen LogP contribution is -2.25. The van der Waals surface area contributed by atoms with Gasteiger partial charge in [0.25, 0.3) is 5.92 Å². The molecule has 1 aromatic heterocycles. The van der Waals surface area contributed by atoms with Crippen molar-refractivity contribution in [2.75, 3.05) is 11.9 Å².